The van der Waals surface area contributed by atoms with Gasteiger partial charge in [-0.05, 0) is 24.8 Å². The van der Waals surface area contributed by atoms with Crippen molar-refractivity contribution in [3.8, 4) is 0 Å². The summed E-state index contributed by atoms with van der Waals surface area (Å²) in [5, 5.41) is 3.44. The molecule has 0 spiro atoms. The van der Waals surface area contributed by atoms with Crippen molar-refractivity contribution in [3.63, 3.8) is 0 Å². The molecule has 0 saturated carbocycles. The van der Waals surface area contributed by atoms with Crippen molar-refractivity contribution >= 4 is 11.6 Å². The van der Waals surface area contributed by atoms with Crippen LogP contribution in [-0.4, -0.2) is 25.8 Å². The molecular formula is C14H20ClNO. The minimum Gasteiger partial charge on any atom is -0.377 e. The van der Waals surface area contributed by atoms with Crippen LogP contribution in [0.5, 0.6) is 0 Å². The molecule has 2 unspecified atom stereocenters. The lowest BCUT2D eigenvalue weighted by atomic mass is 10.1. The maximum atomic E-state index is 6.32. The fourth-order valence-corrected chi connectivity index (χ4v) is 2.37. The average Bonchev–Trinajstić information content (AvgIpc) is 2.41. The normalized spacial score (nSPS) is 22.3. The zero-order valence-corrected chi connectivity index (χ0v) is 10.8. The molecule has 2 atom stereocenters. The molecule has 0 radical (unpaired) electrons. The molecular weight excluding hydrogens is 234 g/mol. The molecule has 0 aliphatic carbocycles. The van der Waals surface area contributed by atoms with Crippen molar-refractivity contribution in [2.24, 2.45) is 0 Å². The van der Waals surface area contributed by atoms with Gasteiger partial charge in [-0.1, -0.05) is 30.3 Å². The number of alkyl halides is 1. The Hall–Kier alpha value is -0.570. The predicted molar refractivity (Wildman–Crippen MR) is 71.5 cm³/mol. The standard InChI is InChI=1S/C14H20ClNO/c15-14(12-6-2-1-3-7-12)11-16-10-13-8-4-5-9-17-13/h1-3,6-7,13-14,16H,4-5,8-11H2. The molecule has 1 saturated heterocycles. The van der Waals surface area contributed by atoms with Gasteiger partial charge in [0, 0.05) is 19.7 Å². The fraction of sp³-hybridized carbons (Fsp3) is 0.571. The third kappa shape index (κ3) is 4.30. The lowest BCUT2D eigenvalue weighted by Crippen LogP contribution is -2.33. The summed E-state index contributed by atoms with van der Waals surface area (Å²) >= 11 is 6.32. The maximum absolute atomic E-state index is 6.32. The molecule has 1 aliphatic heterocycles. The average molecular weight is 254 g/mol. The highest BCUT2D eigenvalue weighted by atomic mass is 35.5. The quantitative estimate of drug-likeness (QED) is 0.815. The highest BCUT2D eigenvalue weighted by molar-refractivity contribution is 6.21. The van der Waals surface area contributed by atoms with Gasteiger partial charge in [-0.15, -0.1) is 11.6 Å². The monoisotopic (exact) mass is 253 g/mol. The van der Waals surface area contributed by atoms with Gasteiger partial charge in [0.2, 0.25) is 0 Å². The van der Waals surface area contributed by atoms with Gasteiger partial charge in [-0.3, -0.25) is 0 Å². The Morgan fingerprint density at radius 2 is 2.12 bits per heavy atom. The minimum atomic E-state index is 0.0415. The molecule has 2 nitrogen and oxygen atoms in total. The van der Waals surface area contributed by atoms with E-state index in [1.165, 1.54) is 24.8 Å². The molecule has 2 rings (SSSR count). The van der Waals surface area contributed by atoms with E-state index in [1.54, 1.807) is 0 Å². The molecule has 0 bridgehead atoms. The number of ether oxygens (including phenoxy) is 1. The molecule has 1 aromatic rings. The highest BCUT2D eigenvalue weighted by Gasteiger charge is 2.14. The summed E-state index contributed by atoms with van der Waals surface area (Å²) in [7, 11) is 0. The van der Waals surface area contributed by atoms with E-state index in [-0.39, 0.29) is 5.38 Å². The van der Waals surface area contributed by atoms with E-state index < -0.39 is 0 Å². The van der Waals surface area contributed by atoms with Crippen LogP contribution in [0.2, 0.25) is 0 Å². The Labute approximate surface area is 108 Å². The molecule has 0 aromatic heterocycles. The molecule has 1 N–H and O–H groups in total. The van der Waals surface area contributed by atoms with Crippen LogP contribution in [0.3, 0.4) is 0 Å². The third-order valence-electron chi connectivity index (χ3n) is 3.13. The molecule has 3 heteroatoms. The Morgan fingerprint density at radius 3 is 2.82 bits per heavy atom. The van der Waals surface area contributed by atoms with E-state index in [4.69, 9.17) is 16.3 Å². The summed E-state index contributed by atoms with van der Waals surface area (Å²) in [6.07, 6.45) is 4.04. The third-order valence-corrected chi connectivity index (χ3v) is 3.54. The van der Waals surface area contributed by atoms with Crippen LogP contribution in [0.1, 0.15) is 30.2 Å². The molecule has 1 aromatic carbocycles. The summed E-state index contributed by atoms with van der Waals surface area (Å²) in [6, 6.07) is 10.2. The largest absolute Gasteiger partial charge is 0.377 e. The SMILES string of the molecule is ClC(CNCC1CCCCO1)c1ccccc1. The smallest absolute Gasteiger partial charge is 0.0709 e. The van der Waals surface area contributed by atoms with E-state index in [2.05, 4.69) is 17.4 Å². The first-order valence-corrected chi connectivity index (χ1v) is 6.81. The Bertz CT molecular complexity index is 311. The van der Waals surface area contributed by atoms with Gasteiger partial charge in [0.1, 0.15) is 0 Å². The number of benzene rings is 1. The number of nitrogens with one attached hydrogen (secondary N) is 1. The first-order chi connectivity index (χ1) is 8.36. The molecule has 1 heterocycles. The number of rotatable bonds is 5. The van der Waals surface area contributed by atoms with Crippen molar-refractivity contribution < 1.29 is 4.74 Å². The molecule has 1 aliphatic rings. The fourth-order valence-electron chi connectivity index (χ4n) is 2.12. The lowest BCUT2D eigenvalue weighted by molar-refractivity contribution is 0.0171. The second-order valence-electron chi connectivity index (χ2n) is 4.53. The van der Waals surface area contributed by atoms with Gasteiger partial charge < -0.3 is 10.1 Å². The van der Waals surface area contributed by atoms with Gasteiger partial charge in [-0.25, -0.2) is 0 Å². The van der Waals surface area contributed by atoms with Crippen LogP contribution < -0.4 is 5.32 Å². The van der Waals surface area contributed by atoms with E-state index in [0.717, 1.165) is 19.7 Å². The van der Waals surface area contributed by atoms with Crippen LogP contribution in [0, 0.1) is 0 Å². The van der Waals surface area contributed by atoms with Crippen molar-refractivity contribution in [1.29, 1.82) is 0 Å². The van der Waals surface area contributed by atoms with Crippen molar-refractivity contribution in [2.45, 2.75) is 30.7 Å². The lowest BCUT2D eigenvalue weighted by Gasteiger charge is -2.23. The van der Waals surface area contributed by atoms with Gasteiger partial charge in [0.05, 0.1) is 11.5 Å². The number of hydrogen-bond acceptors (Lipinski definition) is 2. The summed E-state index contributed by atoms with van der Waals surface area (Å²) in [4.78, 5) is 0. The molecule has 17 heavy (non-hydrogen) atoms. The Kier molecular flexibility index (Phi) is 5.30. The molecule has 94 valence electrons. The van der Waals surface area contributed by atoms with Crippen LogP contribution in [0.15, 0.2) is 30.3 Å². The Balaban J connectivity index is 1.67. The minimum absolute atomic E-state index is 0.0415. The summed E-state index contributed by atoms with van der Waals surface area (Å²) in [6.45, 7) is 2.62. The number of halogens is 1. The van der Waals surface area contributed by atoms with Gasteiger partial charge in [0.15, 0.2) is 0 Å². The summed E-state index contributed by atoms with van der Waals surface area (Å²) < 4.78 is 5.66. The van der Waals surface area contributed by atoms with Gasteiger partial charge in [0.25, 0.3) is 0 Å². The predicted octanol–water partition coefficient (Wildman–Crippen LogP) is 3.13. The van der Waals surface area contributed by atoms with Crippen LogP contribution >= 0.6 is 11.6 Å². The Morgan fingerprint density at radius 1 is 1.29 bits per heavy atom. The van der Waals surface area contributed by atoms with E-state index in [0.29, 0.717) is 6.10 Å². The van der Waals surface area contributed by atoms with E-state index >= 15 is 0 Å². The van der Waals surface area contributed by atoms with E-state index in [9.17, 15) is 0 Å². The van der Waals surface area contributed by atoms with E-state index in [1.807, 2.05) is 18.2 Å². The van der Waals surface area contributed by atoms with Crippen molar-refractivity contribution in [3.05, 3.63) is 35.9 Å². The summed E-state index contributed by atoms with van der Waals surface area (Å²) in [5.41, 5.74) is 1.17. The van der Waals surface area contributed by atoms with Crippen molar-refractivity contribution in [2.75, 3.05) is 19.7 Å². The van der Waals surface area contributed by atoms with Crippen LogP contribution in [-0.2, 0) is 4.74 Å². The molecule has 1 fully saturated rings. The van der Waals surface area contributed by atoms with Gasteiger partial charge >= 0.3 is 0 Å². The highest BCUT2D eigenvalue weighted by Crippen LogP contribution is 2.19. The first-order valence-electron chi connectivity index (χ1n) is 6.37. The molecule has 0 amide bonds. The second-order valence-corrected chi connectivity index (χ2v) is 5.05. The topological polar surface area (TPSA) is 21.3 Å². The van der Waals surface area contributed by atoms with Gasteiger partial charge in [-0.2, -0.15) is 0 Å². The first kappa shape index (κ1) is 12.9. The zero-order valence-electron chi connectivity index (χ0n) is 10.1. The van der Waals surface area contributed by atoms with Crippen LogP contribution in [0.25, 0.3) is 0 Å². The maximum Gasteiger partial charge on any atom is 0.0709 e. The summed E-state index contributed by atoms with van der Waals surface area (Å²) in [5.74, 6) is 0. The zero-order chi connectivity index (χ0) is 11.9. The van der Waals surface area contributed by atoms with Crippen molar-refractivity contribution in [1.82, 2.24) is 5.32 Å². The van der Waals surface area contributed by atoms with Crippen LogP contribution in [0.4, 0.5) is 0 Å². The second kappa shape index (κ2) is 7.00. The number of hydrogen-bond donors (Lipinski definition) is 1.